The molecule has 0 heterocycles. The Kier molecular flexibility index (Phi) is 11.7. The van der Waals surface area contributed by atoms with E-state index >= 15 is 0 Å². The normalized spacial score (nSPS) is 11.3. The van der Waals surface area contributed by atoms with Gasteiger partial charge in [-0.3, -0.25) is 9.52 Å². The van der Waals surface area contributed by atoms with Gasteiger partial charge in [0.05, 0.1) is 24.3 Å². The number of halogens is 1. The maximum atomic E-state index is 12.9. The van der Waals surface area contributed by atoms with Gasteiger partial charge in [0.15, 0.2) is 11.5 Å². The molecule has 0 bridgehead atoms. The van der Waals surface area contributed by atoms with Crippen molar-refractivity contribution in [2.24, 2.45) is 0 Å². The number of nitrogens with one attached hydrogen (secondary N) is 2. The standard InChI is InChI=1S/C29H36FN3O6S/c1-33(2)17-18-39-28-19-25(12-15-27(28)37-3)32-40(35,36)26-13-8-22(9-14-26)5-4-16-31-29(34)21-38-20-23-6-10-24(30)11-7-23/h6-15,19,32H,4-5,16-18,20-21H2,1-3H3,(H,31,34). The summed E-state index contributed by atoms with van der Waals surface area (Å²) in [6.45, 7) is 1.72. The second-order valence-electron chi connectivity index (χ2n) is 9.34. The third-order valence-electron chi connectivity index (χ3n) is 5.83. The molecule has 0 aliphatic heterocycles. The lowest BCUT2D eigenvalue weighted by Crippen LogP contribution is -2.28. The van der Waals surface area contributed by atoms with Crippen molar-refractivity contribution >= 4 is 21.6 Å². The van der Waals surface area contributed by atoms with Gasteiger partial charge in [0.1, 0.15) is 19.0 Å². The number of hydrogen-bond acceptors (Lipinski definition) is 7. The first kappa shape index (κ1) is 30.9. The van der Waals surface area contributed by atoms with Crippen molar-refractivity contribution < 1.29 is 31.8 Å². The van der Waals surface area contributed by atoms with Crippen LogP contribution in [0, 0.1) is 5.82 Å². The van der Waals surface area contributed by atoms with E-state index in [1.165, 1.54) is 19.2 Å². The van der Waals surface area contributed by atoms with E-state index < -0.39 is 10.0 Å². The fraction of sp³-hybridized carbons (Fsp3) is 0.345. The van der Waals surface area contributed by atoms with Crippen molar-refractivity contribution in [2.45, 2.75) is 24.3 Å². The van der Waals surface area contributed by atoms with Crippen LogP contribution in [-0.2, 0) is 32.6 Å². The van der Waals surface area contributed by atoms with Gasteiger partial charge in [-0.1, -0.05) is 24.3 Å². The first-order valence-corrected chi connectivity index (χ1v) is 14.3. The molecule has 0 spiro atoms. The highest BCUT2D eigenvalue weighted by Crippen LogP contribution is 2.31. The van der Waals surface area contributed by atoms with Gasteiger partial charge >= 0.3 is 0 Å². The third kappa shape index (κ3) is 10.1. The van der Waals surface area contributed by atoms with E-state index in [9.17, 15) is 17.6 Å². The molecule has 0 aliphatic carbocycles. The number of sulfonamides is 1. The predicted molar refractivity (Wildman–Crippen MR) is 152 cm³/mol. The van der Waals surface area contributed by atoms with Gasteiger partial charge in [0.2, 0.25) is 5.91 Å². The lowest BCUT2D eigenvalue weighted by Gasteiger charge is -2.15. The van der Waals surface area contributed by atoms with Gasteiger partial charge in [0, 0.05) is 19.2 Å². The van der Waals surface area contributed by atoms with Gasteiger partial charge in [-0.2, -0.15) is 0 Å². The van der Waals surface area contributed by atoms with Crippen molar-refractivity contribution in [3.8, 4) is 11.5 Å². The van der Waals surface area contributed by atoms with E-state index in [0.717, 1.165) is 11.1 Å². The number of benzene rings is 3. The molecule has 0 aromatic heterocycles. The quantitative estimate of drug-likeness (QED) is 0.251. The molecular formula is C29H36FN3O6S. The van der Waals surface area contributed by atoms with E-state index in [2.05, 4.69) is 10.0 Å². The zero-order chi connectivity index (χ0) is 29.0. The number of carbonyl (C=O) groups is 1. The molecule has 0 saturated carbocycles. The molecule has 2 N–H and O–H groups in total. The van der Waals surface area contributed by atoms with Crippen LogP contribution in [0.1, 0.15) is 17.5 Å². The summed E-state index contributed by atoms with van der Waals surface area (Å²) in [6, 6.07) is 17.4. The van der Waals surface area contributed by atoms with Gasteiger partial charge in [-0.05, 0) is 74.5 Å². The molecule has 0 fully saturated rings. The number of methoxy groups -OCH3 is 1. The molecule has 9 nitrogen and oxygen atoms in total. The summed E-state index contributed by atoms with van der Waals surface area (Å²) in [5.41, 5.74) is 2.09. The van der Waals surface area contributed by atoms with Gasteiger partial charge in [-0.25, -0.2) is 12.8 Å². The molecule has 3 rings (SSSR count). The van der Waals surface area contributed by atoms with Crippen molar-refractivity contribution in [2.75, 3.05) is 52.2 Å². The summed E-state index contributed by atoms with van der Waals surface area (Å²) >= 11 is 0. The molecule has 0 unspecified atom stereocenters. The summed E-state index contributed by atoms with van der Waals surface area (Å²) in [6.07, 6.45) is 1.34. The van der Waals surface area contributed by atoms with Crippen LogP contribution in [-0.4, -0.2) is 66.7 Å². The van der Waals surface area contributed by atoms with Crippen molar-refractivity contribution in [3.05, 3.63) is 83.7 Å². The smallest absolute Gasteiger partial charge is 0.261 e. The number of aryl methyl sites for hydroxylation is 1. The Balaban J connectivity index is 1.44. The molecule has 11 heteroatoms. The molecule has 40 heavy (non-hydrogen) atoms. The number of nitrogens with zero attached hydrogens (tertiary/aromatic N) is 1. The van der Waals surface area contributed by atoms with Crippen molar-refractivity contribution in [3.63, 3.8) is 0 Å². The Labute approximate surface area is 235 Å². The van der Waals surface area contributed by atoms with E-state index in [0.29, 0.717) is 49.7 Å². The molecule has 3 aromatic carbocycles. The summed E-state index contributed by atoms with van der Waals surface area (Å²) < 4.78 is 57.8. The van der Waals surface area contributed by atoms with Crippen LogP contribution in [0.3, 0.4) is 0 Å². The van der Waals surface area contributed by atoms with Crippen LogP contribution in [0.4, 0.5) is 10.1 Å². The number of anilines is 1. The highest BCUT2D eigenvalue weighted by Gasteiger charge is 2.16. The van der Waals surface area contributed by atoms with Gasteiger partial charge in [0.25, 0.3) is 10.0 Å². The minimum Gasteiger partial charge on any atom is -0.493 e. The highest BCUT2D eigenvalue weighted by molar-refractivity contribution is 7.92. The Hall–Kier alpha value is -3.67. The Morgan fingerprint density at radius 2 is 1.65 bits per heavy atom. The molecule has 0 aliphatic rings. The van der Waals surface area contributed by atoms with Crippen molar-refractivity contribution in [1.82, 2.24) is 10.2 Å². The van der Waals surface area contributed by atoms with Crippen molar-refractivity contribution in [1.29, 1.82) is 0 Å². The van der Waals surface area contributed by atoms with Crippen LogP contribution in [0.25, 0.3) is 0 Å². The summed E-state index contributed by atoms with van der Waals surface area (Å²) in [7, 11) is 1.59. The van der Waals surface area contributed by atoms with Crippen LogP contribution in [0.15, 0.2) is 71.6 Å². The summed E-state index contributed by atoms with van der Waals surface area (Å²) in [5.74, 6) is 0.407. The largest absolute Gasteiger partial charge is 0.493 e. The fourth-order valence-electron chi connectivity index (χ4n) is 3.65. The SMILES string of the molecule is COc1ccc(NS(=O)(=O)c2ccc(CCCNC(=O)COCc3ccc(F)cc3)cc2)cc1OCCN(C)C. The summed E-state index contributed by atoms with van der Waals surface area (Å²) in [5, 5.41) is 2.79. The average Bonchev–Trinajstić information content (AvgIpc) is 2.92. The molecule has 3 aromatic rings. The van der Waals surface area contributed by atoms with Crippen LogP contribution >= 0.6 is 0 Å². The second-order valence-corrected chi connectivity index (χ2v) is 11.0. The highest BCUT2D eigenvalue weighted by atomic mass is 32.2. The maximum absolute atomic E-state index is 12.9. The lowest BCUT2D eigenvalue weighted by atomic mass is 10.1. The van der Waals surface area contributed by atoms with E-state index in [1.807, 2.05) is 19.0 Å². The maximum Gasteiger partial charge on any atom is 0.261 e. The monoisotopic (exact) mass is 573 g/mol. The number of likely N-dealkylation sites (N-methyl/N-ethyl adjacent to an activating group) is 1. The average molecular weight is 574 g/mol. The van der Waals surface area contributed by atoms with E-state index in [1.54, 1.807) is 54.6 Å². The topological polar surface area (TPSA) is 106 Å². The number of rotatable bonds is 16. The molecule has 0 saturated heterocycles. The Bertz CT molecular complexity index is 1330. The zero-order valence-electron chi connectivity index (χ0n) is 23.0. The Morgan fingerprint density at radius 3 is 2.33 bits per heavy atom. The molecular weight excluding hydrogens is 537 g/mol. The lowest BCUT2D eigenvalue weighted by molar-refractivity contribution is -0.126. The molecule has 1 amide bonds. The molecule has 0 atom stereocenters. The van der Waals surface area contributed by atoms with Gasteiger partial charge in [-0.15, -0.1) is 0 Å². The second kappa shape index (κ2) is 15.2. The predicted octanol–water partition coefficient (Wildman–Crippen LogP) is 3.84. The van der Waals surface area contributed by atoms with E-state index in [4.69, 9.17) is 14.2 Å². The number of ether oxygens (including phenoxy) is 3. The minimum absolute atomic E-state index is 0.0885. The summed E-state index contributed by atoms with van der Waals surface area (Å²) in [4.78, 5) is 14.1. The zero-order valence-corrected chi connectivity index (χ0v) is 23.8. The van der Waals surface area contributed by atoms with Gasteiger partial charge < -0.3 is 24.4 Å². The number of carbonyl (C=O) groups excluding carboxylic acids is 1. The number of amides is 1. The van der Waals surface area contributed by atoms with E-state index in [-0.39, 0.29) is 29.8 Å². The molecule has 216 valence electrons. The molecule has 0 radical (unpaired) electrons. The van der Waals surface area contributed by atoms with Crippen LogP contribution in [0.2, 0.25) is 0 Å². The minimum atomic E-state index is -3.81. The fourth-order valence-corrected chi connectivity index (χ4v) is 4.70. The van der Waals surface area contributed by atoms with Crippen LogP contribution < -0.4 is 19.5 Å². The first-order chi connectivity index (χ1) is 19.2. The van der Waals surface area contributed by atoms with Crippen LogP contribution in [0.5, 0.6) is 11.5 Å². The first-order valence-electron chi connectivity index (χ1n) is 12.8. The Morgan fingerprint density at radius 1 is 0.950 bits per heavy atom. The third-order valence-corrected chi connectivity index (χ3v) is 7.22. The number of hydrogen-bond donors (Lipinski definition) is 2.